The molecule has 1 nitrogen and oxygen atoms in total. The molecule has 20 heavy (non-hydrogen) atoms. The maximum Gasteiger partial charge on any atom is 0.203 e. The van der Waals surface area contributed by atoms with Crippen molar-refractivity contribution in [1.82, 2.24) is 0 Å². The summed E-state index contributed by atoms with van der Waals surface area (Å²) in [6, 6.07) is 10.3. The fraction of sp³-hybridized carbons (Fsp3) is 0.0625. The van der Waals surface area contributed by atoms with Crippen LogP contribution < -0.4 is 0 Å². The van der Waals surface area contributed by atoms with Gasteiger partial charge in [-0.1, -0.05) is 6.07 Å². The second-order valence-electron chi connectivity index (χ2n) is 4.58. The zero-order valence-corrected chi connectivity index (χ0v) is 11.4. The third-order valence-corrected chi connectivity index (χ3v) is 4.24. The van der Waals surface area contributed by atoms with E-state index in [1.165, 1.54) is 41.7 Å². The van der Waals surface area contributed by atoms with Gasteiger partial charge in [-0.05, 0) is 54.3 Å². The first-order valence-electron chi connectivity index (χ1n) is 6.04. The van der Waals surface area contributed by atoms with Crippen LogP contribution in [0.25, 0.3) is 10.1 Å². The number of carbonyl (C=O) groups excluding carboxylic acids is 1. The van der Waals surface area contributed by atoms with Crippen molar-refractivity contribution in [3.63, 3.8) is 0 Å². The molecule has 0 bridgehead atoms. The van der Waals surface area contributed by atoms with Gasteiger partial charge < -0.3 is 0 Å². The minimum atomic E-state index is -0.363. The summed E-state index contributed by atoms with van der Waals surface area (Å²) >= 11 is 1.24. The van der Waals surface area contributed by atoms with E-state index in [9.17, 15) is 13.6 Å². The number of carbonyl (C=O) groups is 1. The van der Waals surface area contributed by atoms with Crippen molar-refractivity contribution in [3.05, 3.63) is 70.1 Å². The smallest absolute Gasteiger partial charge is 0.203 e. The summed E-state index contributed by atoms with van der Waals surface area (Å²) in [6.45, 7) is 1.70. The largest absolute Gasteiger partial charge is 0.288 e. The van der Waals surface area contributed by atoms with Crippen LogP contribution in [0.1, 0.15) is 20.8 Å². The Balaban J connectivity index is 2.08. The van der Waals surface area contributed by atoms with Crippen molar-refractivity contribution in [3.8, 4) is 0 Å². The lowest BCUT2D eigenvalue weighted by atomic mass is 10.0. The molecule has 100 valence electrons. The maximum absolute atomic E-state index is 13.2. The summed E-state index contributed by atoms with van der Waals surface area (Å²) in [5.41, 5.74) is 1.07. The van der Waals surface area contributed by atoms with Crippen LogP contribution in [0.4, 0.5) is 8.78 Å². The van der Waals surface area contributed by atoms with Crippen molar-refractivity contribution in [2.24, 2.45) is 0 Å². The van der Waals surface area contributed by atoms with Gasteiger partial charge in [-0.15, -0.1) is 11.3 Å². The third-order valence-electron chi connectivity index (χ3n) is 3.14. The zero-order valence-electron chi connectivity index (χ0n) is 10.6. The predicted octanol–water partition coefficient (Wildman–Crippen LogP) is 4.72. The summed E-state index contributed by atoms with van der Waals surface area (Å²) in [5.74, 6) is -0.849. The molecule has 2 aromatic carbocycles. The van der Waals surface area contributed by atoms with E-state index in [0.29, 0.717) is 16.0 Å². The molecule has 0 aliphatic heterocycles. The summed E-state index contributed by atoms with van der Waals surface area (Å²) in [5, 5.41) is 0.833. The number of thiophene rings is 1. The predicted molar refractivity (Wildman–Crippen MR) is 76.4 cm³/mol. The summed E-state index contributed by atoms with van der Waals surface area (Å²) < 4.78 is 27.0. The van der Waals surface area contributed by atoms with Crippen molar-refractivity contribution < 1.29 is 13.6 Å². The number of rotatable bonds is 2. The highest BCUT2D eigenvalue weighted by molar-refractivity contribution is 7.21. The standard InChI is InChI=1S/C16H10F2OS/c1-9-6-11(17)4-5-13(9)16(19)15-7-10-2-3-12(18)8-14(10)20-15/h2-8H,1H3. The second-order valence-corrected chi connectivity index (χ2v) is 5.66. The Hall–Kier alpha value is -2.07. The van der Waals surface area contributed by atoms with E-state index in [4.69, 9.17) is 0 Å². The average Bonchev–Trinajstić information content (AvgIpc) is 2.81. The lowest BCUT2D eigenvalue weighted by Gasteiger charge is -2.02. The van der Waals surface area contributed by atoms with Gasteiger partial charge in [-0.3, -0.25) is 4.79 Å². The molecule has 0 fully saturated rings. The van der Waals surface area contributed by atoms with Crippen molar-refractivity contribution in [2.75, 3.05) is 0 Å². The molecule has 0 unspecified atom stereocenters. The quantitative estimate of drug-likeness (QED) is 0.624. The monoisotopic (exact) mass is 288 g/mol. The number of hydrogen-bond donors (Lipinski definition) is 0. The fourth-order valence-corrected chi connectivity index (χ4v) is 3.17. The Morgan fingerprint density at radius 1 is 1.00 bits per heavy atom. The van der Waals surface area contributed by atoms with Crippen LogP contribution in [-0.4, -0.2) is 5.78 Å². The molecule has 0 atom stereocenters. The first kappa shape index (κ1) is 12.9. The van der Waals surface area contributed by atoms with Crippen LogP contribution in [0.15, 0.2) is 42.5 Å². The molecule has 0 aliphatic rings. The lowest BCUT2D eigenvalue weighted by Crippen LogP contribution is -2.01. The summed E-state index contributed by atoms with van der Waals surface area (Å²) in [6.07, 6.45) is 0. The van der Waals surface area contributed by atoms with Gasteiger partial charge in [0.2, 0.25) is 5.78 Å². The molecule has 0 amide bonds. The van der Waals surface area contributed by atoms with E-state index < -0.39 is 0 Å². The molecule has 0 radical (unpaired) electrons. The Morgan fingerprint density at radius 2 is 1.70 bits per heavy atom. The van der Waals surface area contributed by atoms with Crippen molar-refractivity contribution >= 4 is 27.2 Å². The first-order chi connectivity index (χ1) is 9.54. The molecule has 3 aromatic rings. The van der Waals surface area contributed by atoms with Crippen molar-refractivity contribution in [1.29, 1.82) is 0 Å². The molecular formula is C16H10F2OS. The lowest BCUT2D eigenvalue weighted by molar-refractivity contribution is 0.104. The van der Waals surface area contributed by atoms with Crippen LogP contribution in [0.2, 0.25) is 0 Å². The van der Waals surface area contributed by atoms with Gasteiger partial charge in [0.1, 0.15) is 11.6 Å². The molecule has 1 heterocycles. The minimum Gasteiger partial charge on any atom is -0.288 e. The highest BCUT2D eigenvalue weighted by Crippen LogP contribution is 2.28. The number of hydrogen-bond acceptors (Lipinski definition) is 2. The van der Waals surface area contributed by atoms with E-state index in [0.717, 1.165) is 10.1 Å². The number of fused-ring (bicyclic) bond motifs is 1. The molecule has 0 N–H and O–H groups in total. The van der Waals surface area contributed by atoms with Gasteiger partial charge in [-0.2, -0.15) is 0 Å². The molecule has 0 saturated heterocycles. The minimum absolute atomic E-state index is 0.163. The van der Waals surface area contributed by atoms with Gasteiger partial charge in [0.25, 0.3) is 0 Å². The van der Waals surface area contributed by atoms with E-state index in [-0.39, 0.29) is 17.4 Å². The second kappa shape index (κ2) is 4.80. The number of ketones is 1. The van der Waals surface area contributed by atoms with E-state index in [1.807, 2.05) is 0 Å². The van der Waals surface area contributed by atoms with Crippen LogP contribution in [0, 0.1) is 18.6 Å². The molecule has 1 aromatic heterocycles. The van der Waals surface area contributed by atoms with E-state index in [1.54, 1.807) is 19.1 Å². The van der Waals surface area contributed by atoms with E-state index in [2.05, 4.69) is 0 Å². The molecule has 3 rings (SSSR count). The van der Waals surface area contributed by atoms with Gasteiger partial charge >= 0.3 is 0 Å². The molecule has 0 spiro atoms. The summed E-state index contributed by atoms with van der Waals surface area (Å²) in [7, 11) is 0. The fourth-order valence-electron chi connectivity index (χ4n) is 2.13. The van der Waals surface area contributed by atoms with Gasteiger partial charge in [-0.25, -0.2) is 8.78 Å². The average molecular weight is 288 g/mol. The summed E-state index contributed by atoms with van der Waals surface area (Å²) in [4.78, 5) is 13.0. The van der Waals surface area contributed by atoms with Crippen LogP contribution in [-0.2, 0) is 0 Å². The highest BCUT2D eigenvalue weighted by Gasteiger charge is 2.15. The molecule has 4 heteroatoms. The number of aryl methyl sites for hydroxylation is 1. The van der Waals surface area contributed by atoms with Gasteiger partial charge in [0, 0.05) is 10.3 Å². The molecular weight excluding hydrogens is 278 g/mol. The SMILES string of the molecule is Cc1cc(F)ccc1C(=O)c1cc2ccc(F)cc2s1. The van der Waals surface area contributed by atoms with Crippen LogP contribution >= 0.6 is 11.3 Å². The Bertz CT molecular complexity index is 820. The maximum atomic E-state index is 13.2. The van der Waals surface area contributed by atoms with Gasteiger partial charge in [0.15, 0.2) is 0 Å². The van der Waals surface area contributed by atoms with Crippen LogP contribution in [0.3, 0.4) is 0 Å². The zero-order chi connectivity index (χ0) is 14.3. The highest BCUT2D eigenvalue weighted by atomic mass is 32.1. The molecule has 0 aliphatic carbocycles. The Morgan fingerprint density at radius 3 is 2.45 bits per heavy atom. The van der Waals surface area contributed by atoms with Crippen molar-refractivity contribution in [2.45, 2.75) is 6.92 Å². The number of benzene rings is 2. The van der Waals surface area contributed by atoms with E-state index >= 15 is 0 Å². The normalized spacial score (nSPS) is 10.9. The topological polar surface area (TPSA) is 17.1 Å². The first-order valence-corrected chi connectivity index (χ1v) is 6.86. The Kier molecular flexibility index (Phi) is 3.10. The molecule has 0 saturated carbocycles. The Labute approximate surface area is 118 Å². The van der Waals surface area contributed by atoms with Gasteiger partial charge in [0.05, 0.1) is 4.88 Å². The number of halogens is 2. The van der Waals surface area contributed by atoms with Crippen LogP contribution in [0.5, 0.6) is 0 Å². The third kappa shape index (κ3) is 2.23.